The van der Waals surface area contributed by atoms with Crippen LogP contribution in [-0.4, -0.2) is 28.5 Å². The fourth-order valence-corrected chi connectivity index (χ4v) is 5.22. The van der Waals surface area contributed by atoms with E-state index in [2.05, 4.69) is 20.9 Å². The van der Waals surface area contributed by atoms with E-state index in [1.807, 2.05) is 48.7 Å². The third kappa shape index (κ3) is 7.84. The lowest BCUT2D eigenvalue weighted by atomic mass is 10.1. The molecule has 0 aliphatic heterocycles. The van der Waals surface area contributed by atoms with Gasteiger partial charge < -0.3 is 20.4 Å². The number of furan rings is 1. The molecule has 3 aromatic carbocycles. The first-order chi connectivity index (χ1) is 20.4. The zero-order valence-electron chi connectivity index (χ0n) is 22.5. The van der Waals surface area contributed by atoms with E-state index < -0.39 is 11.8 Å². The van der Waals surface area contributed by atoms with Crippen molar-refractivity contribution in [2.75, 3.05) is 16.4 Å². The summed E-state index contributed by atoms with van der Waals surface area (Å²) in [6.45, 7) is 2.03. The highest BCUT2D eigenvalue weighted by molar-refractivity contribution is 8.00. The van der Waals surface area contributed by atoms with Crippen molar-refractivity contribution in [3.8, 4) is 11.3 Å². The molecule has 0 saturated carbocycles. The number of benzene rings is 3. The second kappa shape index (κ2) is 13.6. The molecule has 0 bridgehead atoms. The monoisotopic (exact) mass is 594 g/mol. The second-order valence-corrected chi connectivity index (χ2v) is 11.0. The van der Waals surface area contributed by atoms with Gasteiger partial charge in [0.25, 0.3) is 11.8 Å². The zero-order valence-corrected chi connectivity index (χ0v) is 24.1. The summed E-state index contributed by atoms with van der Waals surface area (Å²) in [5.74, 6) is -0.472. The summed E-state index contributed by atoms with van der Waals surface area (Å²) >= 11 is 2.75. The normalized spacial score (nSPS) is 11.1. The van der Waals surface area contributed by atoms with Gasteiger partial charge >= 0.3 is 0 Å². The Balaban J connectivity index is 1.15. The number of amides is 3. The van der Waals surface area contributed by atoms with Gasteiger partial charge in [-0.3, -0.25) is 14.4 Å². The average molecular weight is 595 g/mol. The van der Waals surface area contributed by atoms with E-state index in [0.717, 1.165) is 16.2 Å². The van der Waals surface area contributed by atoms with Crippen molar-refractivity contribution >= 4 is 57.7 Å². The lowest BCUT2D eigenvalue weighted by molar-refractivity contribution is -0.114. The third-order valence-electron chi connectivity index (χ3n) is 5.94. The standard InChI is InChI=1S/C32H26N4O4S2/c1-21-9-11-22(12-10-21)28-19-42-32(35-28)36-29(37)20-41-26-15-13-24(14-16-26)33-31(39)27(18-25-8-5-17-40-25)34-30(38)23-6-3-2-4-7-23/h2-19H,20H2,1H3,(H,33,39)(H,34,38)(H,35,36,37)/b27-18-. The number of thioether (sulfide) groups is 1. The zero-order chi connectivity index (χ0) is 29.3. The van der Waals surface area contributed by atoms with Gasteiger partial charge in [0.05, 0.1) is 17.7 Å². The molecule has 0 saturated heterocycles. The van der Waals surface area contributed by atoms with Gasteiger partial charge in [0.15, 0.2) is 5.13 Å². The largest absolute Gasteiger partial charge is 0.465 e. The molecule has 5 rings (SSSR count). The van der Waals surface area contributed by atoms with Crippen molar-refractivity contribution in [1.82, 2.24) is 10.3 Å². The van der Waals surface area contributed by atoms with Gasteiger partial charge in [-0.15, -0.1) is 23.1 Å². The highest BCUT2D eigenvalue weighted by Crippen LogP contribution is 2.26. The minimum atomic E-state index is -0.510. The summed E-state index contributed by atoms with van der Waals surface area (Å²) in [4.78, 5) is 43.7. The maximum Gasteiger partial charge on any atom is 0.272 e. The number of nitrogens with one attached hydrogen (secondary N) is 3. The van der Waals surface area contributed by atoms with Gasteiger partial charge in [0, 0.05) is 33.2 Å². The van der Waals surface area contributed by atoms with Crippen molar-refractivity contribution in [2.24, 2.45) is 0 Å². The molecular weight excluding hydrogens is 569 g/mol. The van der Waals surface area contributed by atoms with Crippen LogP contribution in [-0.2, 0) is 9.59 Å². The number of hydrogen-bond acceptors (Lipinski definition) is 7. The maximum atomic E-state index is 13.1. The van der Waals surface area contributed by atoms with Crippen LogP contribution in [0.4, 0.5) is 10.8 Å². The molecule has 0 atom stereocenters. The summed E-state index contributed by atoms with van der Waals surface area (Å²) in [6.07, 6.45) is 2.95. The summed E-state index contributed by atoms with van der Waals surface area (Å²) in [5, 5.41) is 10.8. The number of rotatable bonds is 10. The number of hydrogen-bond donors (Lipinski definition) is 3. The number of carbonyl (C=O) groups excluding carboxylic acids is 3. The van der Waals surface area contributed by atoms with Crippen molar-refractivity contribution < 1.29 is 18.8 Å². The second-order valence-electron chi connectivity index (χ2n) is 9.11. The molecule has 210 valence electrons. The van der Waals surface area contributed by atoms with Crippen molar-refractivity contribution in [3.63, 3.8) is 0 Å². The summed E-state index contributed by atoms with van der Waals surface area (Å²) < 4.78 is 5.33. The lowest BCUT2D eigenvalue weighted by Crippen LogP contribution is -2.30. The molecular formula is C32H26N4O4S2. The Hall–Kier alpha value is -4.93. The van der Waals surface area contributed by atoms with Crippen LogP contribution in [0.1, 0.15) is 21.7 Å². The van der Waals surface area contributed by atoms with E-state index in [1.54, 1.807) is 54.6 Å². The van der Waals surface area contributed by atoms with E-state index in [9.17, 15) is 14.4 Å². The van der Waals surface area contributed by atoms with Gasteiger partial charge in [-0.1, -0.05) is 48.0 Å². The first-order valence-electron chi connectivity index (χ1n) is 12.9. The Labute approximate surface area is 250 Å². The summed E-state index contributed by atoms with van der Waals surface area (Å²) in [7, 11) is 0. The van der Waals surface area contributed by atoms with E-state index >= 15 is 0 Å². The molecule has 3 N–H and O–H groups in total. The summed E-state index contributed by atoms with van der Waals surface area (Å²) in [6, 6.07) is 27.2. The highest BCUT2D eigenvalue weighted by atomic mass is 32.2. The Kier molecular flexibility index (Phi) is 9.27. The first kappa shape index (κ1) is 28.6. The lowest BCUT2D eigenvalue weighted by Gasteiger charge is -2.11. The van der Waals surface area contributed by atoms with Gasteiger partial charge in [-0.05, 0) is 55.5 Å². The fraction of sp³-hybridized carbons (Fsp3) is 0.0625. The Morgan fingerprint density at radius 1 is 0.905 bits per heavy atom. The van der Waals surface area contributed by atoms with Crippen LogP contribution >= 0.6 is 23.1 Å². The molecule has 2 aromatic heterocycles. The molecule has 0 aliphatic rings. The van der Waals surface area contributed by atoms with Gasteiger partial charge in [-0.2, -0.15) is 0 Å². The molecule has 0 radical (unpaired) electrons. The number of nitrogens with zero attached hydrogens (tertiary/aromatic N) is 1. The van der Waals surface area contributed by atoms with Crippen molar-refractivity contribution in [1.29, 1.82) is 0 Å². The molecule has 8 nitrogen and oxygen atoms in total. The topological polar surface area (TPSA) is 113 Å². The molecule has 0 spiro atoms. The van der Waals surface area contributed by atoms with Crippen LogP contribution in [0.3, 0.4) is 0 Å². The highest BCUT2D eigenvalue weighted by Gasteiger charge is 2.16. The Morgan fingerprint density at radius 3 is 2.38 bits per heavy atom. The number of carbonyl (C=O) groups is 3. The molecule has 5 aromatic rings. The van der Waals surface area contributed by atoms with Crippen LogP contribution in [0.2, 0.25) is 0 Å². The molecule has 0 aliphatic carbocycles. The molecule has 2 heterocycles. The van der Waals surface area contributed by atoms with Crippen LogP contribution in [0.25, 0.3) is 17.3 Å². The maximum absolute atomic E-state index is 13.1. The quantitative estimate of drug-likeness (QED) is 0.120. The molecule has 42 heavy (non-hydrogen) atoms. The Morgan fingerprint density at radius 2 is 1.67 bits per heavy atom. The number of thiazole rings is 1. The van der Waals surface area contributed by atoms with Crippen LogP contribution in [0.5, 0.6) is 0 Å². The smallest absolute Gasteiger partial charge is 0.272 e. The predicted molar refractivity (Wildman–Crippen MR) is 167 cm³/mol. The molecule has 10 heteroatoms. The molecule has 0 unspecified atom stereocenters. The van der Waals surface area contributed by atoms with E-state index in [1.165, 1.54) is 41.0 Å². The van der Waals surface area contributed by atoms with Crippen LogP contribution < -0.4 is 16.0 Å². The minimum Gasteiger partial charge on any atom is -0.465 e. The minimum absolute atomic E-state index is 0.0293. The molecule has 0 fully saturated rings. The van der Waals surface area contributed by atoms with Gasteiger partial charge in [0.2, 0.25) is 5.91 Å². The van der Waals surface area contributed by atoms with Crippen molar-refractivity contribution in [2.45, 2.75) is 11.8 Å². The van der Waals surface area contributed by atoms with Crippen LogP contribution in [0.15, 0.2) is 118 Å². The average Bonchev–Trinajstić information content (AvgIpc) is 3.70. The third-order valence-corrected chi connectivity index (χ3v) is 7.71. The SMILES string of the molecule is Cc1ccc(-c2csc(NC(=O)CSc3ccc(NC(=O)/C(=C/c4ccco4)NC(=O)c4ccccc4)cc3)n2)cc1. The van der Waals surface area contributed by atoms with Gasteiger partial charge in [-0.25, -0.2) is 4.98 Å². The van der Waals surface area contributed by atoms with Crippen molar-refractivity contribution in [3.05, 3.63) is 125 Å². The Bertz CT molecular complexity index is 1700. The summed E-state index contributed by atoms with van der Waals surface area (Å²) in [5.41, 5.74) is 3.97. The van der Waals surface area contributed by atoms with Gasteiger partial charge in [0.1, 0.15) is 11.5 Å². The van der Waals surface area contributed by atoms with E-state index in [-0.39, 0.29) is 17.4 Å². The van der Waals surface area contributed by atoms with Crippen LogP contribution in [0, 0.1) is 6.92 Å². The predicted octanol–water partition coefficient (Wildman–Crippen LogP) is 6.85. The fourth-order valence-electron chi connectivity index (χ4n) is 3.78. The molecule has 3 amide bonds. The van der Waals surface area contributed by atoms with E-state index in [4.69, 9.17) is 4.42 Å². The number of anilines is 2. The number of aromatic nitrogens is 1. The van der Waals surface area contributed by atoms with E-state index in [0.29, 0.717) is 22.1 Å². The first-order valence-corrected chi connectivity index (χ1v) is 14.8. The number of aryl methyl sites for hydroxylation is 1.